The molecule has 2 N–H and O–H groups in total. The van der Waals surface area contributed by atoms with Crippen LogP contribution in [0.15, 0.2) is 24.4 Å². The molecule has 0 radical (unpaired) electrons. The van der Waals surface area contributed by atoms with Crippen molar-refractivity contribution in [2.45, 2.75) is 44.6 Å². The summed E-state index contributed by atoms with van der Waals surface area (Å²) in [5.41, 5.74) is 0.695. The Balaban J connectivity index is 1.70. The minimum absolute atomic E-state index is 0.421. The average Bonchev–Trinajstić information content (AvgIpc) is 2.81. The molecule has 1 aliphatic carbocycles. The lowest BCUT2D eigenvalue weighted by molar-refractivity contribution is 0.613. The van der Waals surface area contributed by atoms with Crippen LogP contribution in [0.25, 0.3) is 0 Å². The van der Waals surface area contributed by atoms with Crippen LogP contribution >= 0.6 is 23.2 Å². The maximum Gasteiger partial charge on any atom is 0.244 e. The van der Waals surface area contributed by atoms with Crippen LogP contribution in [-0.4, -0.2) is 21.2 Å². The molecule has 0 amide bonds. The molecule has 0 unspecified atom stereocenters. The maximum atomic E-state index is 6.18. The normalized spacial score (nSPS) is 15.9. The molecular formula is C16H19Cl2N5. The van der Waals surface area contributed by atoms with Crippen molar-refractivity contribution in [3.05, 3.63) is 34.4 Å². The summed E-state index contributed by atoms with van der Waals surface area (Å²) < 4.78 is 0. The Bertz CT molecular complexity index is 657. The maximum absolute atomic E-state index is 6.18. The fraction of sp³-hybridized carbons (Fsp3) is 0.438. The zero-order valence-electron chi connectivity index (χ0n) is 12.7. The highest BCUT2D eigenvalue weighted by Crippen LogP contribution is 2.31. The fourth-order valence-corrected chi connectivity index (χ4v) is 3.12. The predicted octanol–water partition coefficient (Wildman–Crippen LogP) is 5.06. The van der Waals surface area contributed by atoms with Crippen LogP contribution in [0.5, 0.6) is 0 Å². The van der Waals surface area contributed by atoms with E-state index in [1.807, 2.05) is 12.1 Å². The van der Waals surface area contributed by atoms with Gasteiger partial charge in [0.05, 0.1) is 21.9 Å². The molecule has 1 aromatic heterocycles. The van der Waals surface area contributed by atoms with Gasteiger partial charge in [-0.1, -0.05) is 55.0 Å². The molecule has 0 atom stereocenters. The highest BCUT2D eigenvalue weighted by molar-refractivity contribution is 6.43. The van der Waals surface area contributed by atoms with E-state index >= 15 is 0 Å². The van der Waals surface area contributed by atoms with Crippen LogP contribution in [0.4, 0.5) is 17.5 Å². The Morgan fingerprint density at radius 3 is 2.61 bits per heavy atom. The fourth-order valence-electron chi connectivity index (χ4n) is 2.77. The van der Waals surface area contributed by atoms with Crippen molar-refractivity contribution in [3.63, 3.8) is 0 Å². The van der Waals surface area contributed by atoms with Crippen LogP contribution in [0.1, 0.15) is 38.5 Å². The third kappa shape index (κ3) is 4.45. The highest BCUT2D eigenvalue weighted by atomic mass is 35.5. The second kappa shape index (κ2) is 7.79. The Morgan fingerprint density at radius 2 is 1.83 bits per heavy atom. The summed E-state index contributed by atoms with van der Waals surface area (Å²) in [7, 11) is 0. The van der Waals surface area contributed by atoms with Gasteiger partial charge in [-0.25, -0.2) is 0 Å². The van der Waals surface area contributed by atoms with E-state index in [1.165, 1.54) is 25.7 Å². The number of benzene rings is 1. The monoisotopic (exact) mass is 351 g/mol. The molecule has 1 heterocycles. The van der Waals surface area contributed by atoms with Gasteiger partial charge < -0.3 is 10.6 Å². The van der Waals surface area contributed by atoms with Crippen molar-refractivity contribution in [1.29, 1.82) is 0 Å². The molecule has 1 saturated carbocycles. The number of nitrogens with zero attached hydrogens (tertiary/aromatic N) is 3. The number of hydrogen-bond acceptors (Lipinski definition) is 5. The first-order chi connectivity index (χ1) is 11.2. The third-order valence-corrected chi connectivity index (χ3v) is 4.78. The van der Waals surface area contributed by atoms with Crippen molar-refractivity contribution >= 4 is 40.7 Å². The summed E-state index contributed by atoms with van der Waals surface area (Å²) in [6.07, 6.45) is 9.00. The first-order valence-corrected chi connectivity index (χ1v) is 8.65. The molecule has 0 spiro atoms. The summed E-state index contributed by atoms with van der Waals surface area (Å²) in [6.45, 7) is 0. The van der Waals surface area contributed by atoms with Crippen LogP contribution in [0.3, 0.4) is 0 Å². The molecule has 7 heteroatoms. The van der Waals surface area contributed by atoms with Crippen LogP contribution < -0.4 is 10.6 Å². The molecule has 1 fully saturated rings. The lowest BCUT2D eigenvalue weighted by Gasteiger charge is -2.16. The van der Waals surface area contributed by atoms with Crippen molar-refractivity contribution < 1.29 is 0 Å². The second-order valence-corrected chi connectivity index (χ2v) is 6.51. The number of halogens is 2. The minimum atomic E-state index is 0.421. The molecule has 2 aromatic rings. The molecule has 1 aromatic carbocycles. The van der Waals surface area contributed by atoms with Gasteiger partial charge in [0.25, 0.3) is 0 Å². The van der Waals surface area contributed by atoms with Gasteiger partial charge >= 0.3 is 0 Å². The summed E-state index contributed by atoms with van der Waals surface area (Å²) in [4.78, 5) is 4.47. The van der Waals surface area contributed by atoms with Gasteiger partial charge in [0.2, 0.25) is 5.95 Å². The van der Waals surface area contributed by atoms with Gasteiger partial charge in [-0.3, -0.25) is 0 Å². The molecule has 0 bridgehead atoms. The SMILES string of the molecule is Clc1cccc(Nc2cnnc(NC3CCCCCC3)n2)c1Cl. The van der Waals surface area contributed by atoms with Crippen molar-refractivity contribution in [3.8, 4) is 0 Å². The summed E-state index contributed by atoms with van der Waals surface area (Å²) >= 11 is 12.2. The Labute approximate surface area is 145 Å². The van der Waals surface area contributed by atoms with Crippen molar-refractivity contribution in [2.75, 3.05) is 10.6 Å². The van der Waals surface area contributed by atoms with E-state index in [2.05, 4.69) is 25.8 Å². The van der Waals surface area contributed by atoms with Gasteiger partial charge in [0.1, 0.15) is 0 Å². The van der Waals surface area contributed by atoms with Crippen LogP contribution in [0, 0.1) is 0 Å². The predicted molar refractivity (Wildman–Crippen MR) is 94.7 cm³/mol. The van der Waals surface area contributed by atoms with Gasteiger partial charge in [-0.2, -0.15) is 10.1 Å². The quantitative estimate of drug-likeness (QED) is 0.754. The number of anilines is 3. The average molecular weight is 352 g/mol. The molecule has 5 nitrogen and oxygen atoms in total. The van der Waals surface area contributed by atoms with Gasteiger partial charge in [0.15, 0.2) is 5.82 Å². The van der Waals surface area contributed by atoms with Gasteiger partial charge in [0, 0.05) is 6.04 Å². The molecule has 23 heavy (non-hydrogen) atoms. The van der Waals surface area contributed by atoms with E-state index < -0.39 is 0 Å². The minimum Gasteiger partial charge on any atom is -0.350 e. The first-order valence-electron chi connectivity index (χ1n) is 7.89. The van der Waals surface area contributed by atoms with E-state index in [-0.39, 0.29) is 0 Å². The smallest absolute Gasteiger partial charge is 0.244 e. The topological polar surface area (TPSA) is 62.7 Å². The number of aromatic nitrogens is 3. The third-order valence-electron chi connectivity index (χ3n) is 3.96. The lowest BCUT2D eigenvalue weighted by atomic mass is 10.1. The lowest BCUT2D eigenvalue weighted by Crippen LogP contribution is -2.20. The van der Waals surface area contributed by atoms with Gasteiger partial charge in [-0.15, -0.1) is 5.10 Å². The highest BCUT2D eigenvalue weighted by Gasteiger charge is 2.14. The first kappa shape index (κ1) is 16.3. The van der Waals surface area contributed by atoms with E-state index in [1.54, 1.807) is 12.3 Å². The Kier molecular flexibility index (Phi) is 5.51. The largest absolute Gasteiger partial charge is 0.350 e. The zero-order chi connectivity index (χ0) is 16.1. The standard InChI is InChI=1S/C16H19Cl2N5/c17-12-8-5-9-13(15(12)18)21-14-10-19-23-16(22-14)20-11-6-3-1-2-4-7-11/h5,8-11H,1-4,6-7H2,(H2,20,21,22,23). The molecule has 0 saturated heterocycles. The van der Waals surface area contributed by atoms with E-state index in [0.717, 1.165) is 12.8 Å². The van der Waals surface area contributed by atoms with Crippen LogP contribution in [-0.2, 0) is 0 Å². The summed E-state index contributed by atoms with van der Waals surface area (Å²) in [5, 5.41) is 15.6. The summed E-state index contributed by atoms with van der Waals surface area (Å²) in [5.74, 6) is 1.13. The molecular weight excluding hydrogens is 333 g/mol. The van der Waals surface area contributed by atoms with E-state index in [0.29, 0.717) is 33.5 Å². The number of hydrogen-bond donors (Lipinski definition) is 2. The zero-order valence-corrected chi connectivity index (χ0v) is 14.2. The number of nitrogens with one attached hydrogen (secondary N) is 2. The second-order valence-electron chi connectivity index (χ2n) is 5.72. The molecule has 122 valence electrons. The Hall–Kier alpha value is -1.59. The van der Waals surface area contributed by atoms with Crippen LogP contribution in [0.2, 0.25) is 10.0 Å². The van der Waals surface area contributed by atoms with Gasteiger partial charge in [-0.05, 0) is 25.0 Å². The van der Waals surface area contributed by atoms with E-state index in [4.69, 9.17) is 23.2 Å². The molecule has 0 aliphatic heterocycles. The van der Waals surface area contributed by atoms with Crippen molar-refractivity contribution in [2.24, 2.45) is 0 Å². The van der Waals surface area contributed by atoms with E-state index in [9.17, 15) is 0 Å². The summed E-state index contributed by atoms with van der Waals surface area (Å²) in [6, 6.07) is 5.83. The molecule has 3 rings (SSSR count). The van der Waals surface area contributed by atoms with Crippen molar-refractivity contribution in [1.82, 2.24) is 15.2 Å². The Morgan fingerprint density at radius 1 is 1.04 bits per heavy atom. The molecule has 1 aliphatic rings. The number of rotatable bonds is 4.